The maximum absolute atomic E-state index is 11.7. The molecule has 1 N–H and O–H groups in total. The third-order valence-electron chi connectivity index (χ3n) is 3.14. The highest BCUT2D eigenvalue weighted by molar-refractivity contribution is 5.42. The smallest absolute Gasteiger partial charge is 0.437 e. The van der Waals surface area contributed by atoms with Crippen molar-refractivity contribution in [2.75, 3.05) is 6.61 Å². The first-order valence-electron chi connectivity index (χ1n) is 7.14. The van der Waals surface area contributed by atoms with E-state index < -0.39 is 11.9 Å². The molecule has 0 bridgehead atoms. The molecular formula is C16H16N2O5. The Morgan fingerprint density at radius 3 is 2.78 bits per heavy atom. The molecule has 0 radical (unpaired) electrons. The van der Waals surface area contributed by atoms with Gasteiger partial charge >= 0.3 is 5.76 Å². The van der Waals surface area contributed by atoms with Gasteiger partial charge in [0.1, 0.15) is 0 Å². The van der Waals surface area contributed by atoms with Gasteiger partial charge in [0.2, 0.25) is 0 Å². The molecule has 0 saturated carbocycles. The number of nitrogens with zero attached hydrogens (tertiary/aromatic N) is 2. The van der Waals surface area contributed by atoms with E-state index in [1.807, 2.05) is 30.3 Å². The predicted molar refractivity (Wildman–Crippen MR) is 80.6 cm³/mol. The molecule has 0 fully saturated rings. The van der Waals surface area contributed by atoms with E-state index in [0.717, 1.165) is 10.2 Å². The largest absolute Gasteiger partial charge is 0.459 e. The second-order valence-corrected chi connectivity index (χ2v) is 4.99. The zero-order valence-electron chi connectivity index (χ0n) is 12.3. The van der Waals surface area contributed by atoms with E-state index in [-0.39, 0.29) is 19.0 Å². The van der Waals surface area contributed by atoms with Crippen LogP contribution in [-0.4, -0.2) is 27.6 Å². The van der Waals surface area contributed by atoms with Gasteiger partial charge in [-0.2, -0.15) is 4.68 Å². The number of aliphatic hydroxyl groups excluding tert-OH is 1. The van der Waals surface area contributed by atoms with Gasteiger partial charge in [-0.05, 0) is 17.7 Å². The first kappa shape index (κ1) is 15.3. The quantitative estimate of drug-likeness (QED) is 0.713. The molecule has 3 aromatic rings. The summed E-state index contributed by atoms with van der Waals surface area (Å²) in [6, 6.07) is 12.9. The van der Waals surface area contributed by atoms with Crippen LogP contribution in [0.3, 0.4) is 0 Å². The summed E-state index contributed by atoms with van der Waals surface area (Å²) in [6.07, 6.45) is 0.589. The van der Waals surface area contributed by atoms with E-state index in [1.54, 1.807) is 12.1 Å². The Morgan fingerprint density at radius 1 is 1.22 bits per heavy atom. The fraction of sp³-hybridized carbons (Fsp3) is 0.250. The average molecular weight is 316 g/mol. The van der Waals surface area contributed by atoms with Crippen LogP contribution in [0.4, 0.5) is 0 Å². The van der Waals surface area contributed by atoms with Crippen LogP contribution in [0.15, 0.2) is 62.4 Å². The number of aliphatic hydroxyl groups is 1. The lowest BCUT2D eigenvalue weighted by atomic mass is 10.2. The minimum absolute atomic E-state index is 0.0160. The van der Waals surface area contributed by atoms with Crippen molar-refractivity contribution in [2.45, 2.75) is 19.3 Å². The summed E-state index contributed by atoms with van der Waals surface area (Å²) in [7, 11) is 0. The number of furan rings is 1. The van der Waals surface area contributed by atoms with Gasteiger partial charge in [-0.25, -0.2) is 4.79 Å². The Labute approximate surface area is 131 Å². The molecule has 1 unspecified atom stereocenters. The molecule has 0 aliphatic carbocycles. The third-order valence-corrected chi connectivity index (χ3v) is 3.14. The van der Waals surface area contributed by atoms with E-state index in [2.05, 4.69) is 5.10 Å². The second-order valence-electron chi connectivity index (χ2n) is 4.99. The van der Waals surface area contributed by atoms with Crippen LogP contribution in [0.2, 0.25) is 0 Å². The van der Waals surface area contributed by atoms with Crippen LogP contribution in [0, 0.1) is 0 Å². The summed E-state index contributed by atoms with van der Waals surface area (Å²) in [6.45, 7) is 0.464. The molecule has 7 nitrogen and oxygen atoms in total. The average Bonchev–Trinajstić information content (AvgIpc) is 3.19. The highest BCUT2D eigenvalue weighted by Gasteiger charge is 2.15. The second kappa shape index (κ2) is 7.08. The Balaban J connectivity index is 1.54. The van der Waals surface area contributed by atoms with Crippen molar-refractivity contribution in [3.63, 3.8) is 0 Å². The molecule has 3 rings (SSSR count). The molecule has 0 amide bonds. The number of rotatable bonds is 7. The topological polar surface area (TPSA) is 90.6 Å². The van der Waals surface area contributed by atoms with Gasteiger partial charge in [0.05, 0.1) is 32.1 Å². The molecule has 0 spiro atoms. The predicted octanol–water partition coefficient (Wildman–Crippen LogP) is 1.67. The van der Waals surface area contributed by atoms with Gasteiger partial charge in [-0.1, -0.05) is 30.3 Å². The highest BCUT2D eigenvalue weighted by Crippen LogP contribution is 2.15. The molecule has 0 saturated heterocycles. The Bertz CT molecular complexity index is 776. The van der Waals surface area contributed by atoms with E-state index >= 15 is 0 Å². The van der Waals surface area contributed by atoms with Gasteiger partial charge in [0, 0.05) is 0 Å². The normalized spacial score (nSPS) is 12.4. The van der Waals surface area contributed by atoms with Crippen LogP contribution < -0.4 is 5.76 Å². The summed E-state index contributed by atoms with van der Waals surface area (Å²) in [5.41, 5.74) is 1.01. The first-order chi connectivity index (χ1) is 11.2. The fourth-order valence-electron chi connectivity index (χ4n) is 2.06. The number of ether oxygens (including phenoxy) is 1. The van der Waals surface area contributed by atoms with Gasteiger partial charge in [0.25, 0.3) is 5.89 Å². The molecule has 2 heterocycles. The number of hydrogen-bond acceptors (Lipinski definition) is 6. The zero-order valence-corrected chi connectivity index (χ0v) is 12.3. The number of aromatic nitrogens is 2. The molecule has 0 aliphatic heterocycles. The van der Waals surface area contributed by atoms with Gasteiger partial charge in [-0.3, -0.25) is 0 Å². The molecule has 23 heavy (non-hydrogen) atoms. The van der Waals surface area contributed by atoms with Crippen molar-refractivity contribution in [3.8, 4) is 11.7 Å². The van der Waals surface area contributed by atoms with Crippen molar-refractivity contribution in [2.24, 2.45) is 0 Å². The lowest BCUT2D eigenvalue weighted by Crippen LogP contribution is -2.28. The molecule has 1 aromatic carbocycles. The molecular weight excluding hydrogens is 300 g/mol. The van der Waals surface area contributed by atoms with E-state index in [4.69, 9.17) is 13.6 Å². The van der Waals surface area contributed by atoms with Crippen LogP contribution in [-0.2, 0) is 17.9 Å². The van der Waals surface area contributed by atoms with Crippen molar-refractivity contribution < 1.29 is 18.7 Å². The van der Waals surface area contributed by atoms with Crippen molar-refractivity contribution >= 4 is 0 Å². The summed E-state index contributed by atoms with van der Waals surface area (Å²) in [5.74, 6) is -0.216. The lowest BCUT2D eigenvalue weighted by molar-refractivity contribution is 0.0178. The van der Waals surface area contributed by atoms with E-state index in [1.165, 1.54) is 6.26 Å². The summed E-state index contributed by atoms with van der Waals surface area (Å²) < 4.78 is 16.6. The Hall–Kier alpha value is -2.64. The first-order valence-corrected chi connectivity index (χ1v) is 7.14. The summed E-state index contributed by atoms with van der Waals surface area (Å²) in [5, 5.41) is 13.9. The van der Waals surface area contributed by atoms with Gasteiger partial charge < -0.3 is 18.7 Å². The van der Waals surface area contributed by atoms with E-state index in [9.17, 15) is 9.90 Å². The lowest BCUT2D eigenvalue weighted by Gasteiger charge is -2.10. The standard InChI is InChI=1S/C16H16N2O5/c19-13(11-21-10-12-5-2-1-3-6-12)9-18-16(20)23-15(17-18)14-7-4-8-22-14/h1-8,13,19H,9-11H2. The number of benzene rings is 1. The minimum atomic E-state index is -0.869. The Morgan fingerprint density at radius 2 is 2.04 bits per heavy atom. The third kappa shape index (κ3) is 3.97. The van der Waals surface area contributed by atoms with Crippen molar-refractivity contribution in [1.82, 2.24) is 9.78 Å². The SMILES string of the molecule is O=c1oc(-c2ccco2)nn1CC(O)COCc1ccccc1. The van der Waals surface area contributed by atoms with Crippen LogP contribution in [0.25, 0.3) is 11.7 Å². The van der Waals surface area contributed by atoms with Crippen molar-refractivity contribution in [1.29, 1.82) is 0 Å². The fourth-order valence-corrected chi connectivity index (χ4v) is 2.06. The molecule has 120 valence electrons. The van der Waals surface area contributed by atoms with Crippen LogP contribution >= 0.6 is 0 Å². The monoisotopic (exact) mass is 316 g/mol. The molecule has 0 aliphatic rings. The molecule has 1 atom stereocenters. The highest BCUT2D eigenvalue weighted by atomic mass is 16.5. The summed E-state index contributed by atoms with van der Waals surface area (Å²) in [4.78, 5) is 11.7. The zero-order chi connectivity index (χ0) is 16.1. The van der Waals surface area contributed by atoms with E-state index in [0.29, 0.717) is 12.4 Å². The van der Waals surface area contributed by atoms with Gasteiger partial charge in [-0.15, -0.1) is 5.10 Å². The summed E-state index contributed by atoms with van der Waals surface area (Å²) >= 11 is 0. The van der Waals surface area contributed by atoms with Crippen LogP contribution in [0.1, 0.15) is 5.56 Å². The minimum Gasteiger partial charge on any atom is -0.459 e. The Kier molecular flexibility index (Phi) is 4.70. The van der Waals surface area contributed by atoms with Gasteiger partial charge in [0.15, 0.2) is 5.76 Å². The molecule has 7 heteroatoms. The maximum Gasteiger partial charge on any atom is 0.437 e. The van der Waals surface area contributed by atoms with Crippen LogP contribution in [0.5, 0.6) is 0 Å². The number of hydrogen-bond donors (Lipinski definition) is 1. The van der Waals surface area contributed by atoms with Crippen molar-refractivity contribution in [3.05, 3.63) is 64.8 Å². The maximum atomic E-state index is 11.7. The molecule has 2 aromatic heterocycles.